The highest BCUT2D eigenvalue weighted by Gasteiger charge is 2.26. The number of carbonyl (C=O) groups is 1. The molecule has 1 rings (SSSR count). The van der Waals surface area contributed by atoms with Crippen LogP contribution in [-0.4, -0.2) is 35.4 Å². The quantitative estimate of drug-likeness (QED) is 0.442. The molecule has 1 aliphatic carbocycles. The molecule has 0 saturated heterocycles. The van der Waals surface area contributed by atoms with Gasteiger partial charge in [-0.1, -0.05) is 6.08 Å². The first-order valence-corrected chi connectivity index (χ1v) is 4.88. The first kappa shape index (κ1) is 11.2. The van der Waals surface area contributed by atoms with Crippen molar-refractivity contribution in [3.05, 3.63) is 11.6 Å². The molecule has 0 aromatic rings. The average molecular weight is 199 g/mol. The lowest BCUT2D eigenvalue weighted by atomic mass is 9.82. The smallest absolute Gasteiger partial charge is 0.330 e. The molecule has 0 atom stereocenters. The highest BCUT2D eigenvalue weighted by Crippen LogP contribution is 2.25. The third-order valence-corrected chi connectivity index (χ3v) is 2.53. The second kappa shape index (κ2) is 5.12. The summed E-state index contributed by atoms with van der Waals surface area (Å²) in [6.45, 7) is 3.03. The molecule has 0 unspecified atom stereocenters. The predicted molar refractivity (Wildman–Crippen MR) is 53.0 cm³/mol. The molecule has 3 N–H and O–H groups in total. The Balaban J connectivity index is 2.04. The van der Waals surface area contributed by atoms with Crippen LogP contribution in [-0.2, 0) is 4.79 Å². The molecule has 14 heavy (non-hydrogen) atoms. The van der Waals surface area contributed by atoms with Gasteiger partial charge in [-0.2, -0.15) is 0 Å². The second-order valence-electron chi connectivity index (χ2n) is 3.84. The van der Waals surface area contributed by atoms with Gasteiger partial charge >= 0.3 is 5.97 Å². The maximum atomic E-state index is 10.4. The highest BCUT2D eigenvalue weighted by molar-refractivity contribution is 5.85. The Kier molecular flexibility index (Phi) is 4.10. The van der Waals surface area contributed by atoms with Crippen LogP contribution in [0.25, 0.3) is 0 Å². The summed E-state index contributed by atoms with van der Waals surface area (Å²) in [4.78, 5) is 10.4. The highest BCUT2D eigenvalue weighted by atomic mass is 16.4. The van der Waals surface area contributed by atoms with Crippen molar-refractivity contribution in [3.8, 4) is 0 Å². The molecular weight excluding hydrogens is 182 g/mol. The van der Waals surface area contributed by atoms with Crippen LogP contribution in [0.5, 0.6) is 0 Å². The van der Waals surface area contributed by atoms with Crippen LogP contribution in [0.1, 0.15) is 19.8 Å². The average Bonchev–Trinajstić information content (AvgIpc) is 2.08. The Morgan fingerprint density at radius 2 is 2.21 bits per heavy atom. The molecule has 1 saturated carbocycles. The fraction of sp³-hybridized carbons (Fsp3) is 0.700. The van der Waals surface area contributed by atoms with Crippen LogP contribution >= 0.6 is 0 Å². The monoisotopic (exact) mass is 199 g/mol. The van der Waals surface area contributed by atoms with E-state index in [1.807, 2.05) is 0 Å². The van der Waals surface area contributed by atoms with Crippen molar-refractivity contribution in [1.82, 2.24) is 5.32 Å². The molecule has 0 aliphatic heterocycles. The van der Waals surface area contributed by atoms with E-state index < -0.39 is 5.97 Å². The van der Waals surface area contributed by atoms with Crippen molar-refractivity contribution in [2.24, 2.45) is 5.92 Å². The van der Waals surface area contributed by atoms with Gasteiger partial charge in [-0.15, -0.1) is 0 Å². The van der Waals surface area contributed by atoms with E-state index in [4.69, 9.17) is 10.2 Å². The number of aliphatic hydroxyl groups excluding tert-OH is 1. The third-order valence-electron chi connectivity index (χ3n) is 2.53. The van der Waals surface area contributed by atoms with Crippen molar-refractivity contribution in [2.75, 3.05) is 13.1 Å². The van der Waals surface area contributed by atoms with Crippen molar-refractivity contribution in [3.63, 3.8) is 0 Å². The maximum absolute atomic E-state index is 10.4. The van der Waals surface area contributed by atoms with Crippen LogP contribution in [0.4, 0.5) is 0 Å². The van der Waals surface area contributed by atoms with Gasteiger partial charge in [0.25, 0.3) is 0 Å². The van der Waals surface area contributed by atoms with Crippen LogP contribution in [0.3, 0.4) is 0 Å². The molecule has 1 aliphatic rings. The zero-order valence-corrected chi connectivity index (χ0v) is 8.36. The van der Waals surface area contributed by atoms with E-state index in [1.165, 1.54) is 0 Å². The Bertz CT molecular complexity index is 232. The van der Waals surface area contributed by atoms with Gasteiger partial charge in [0.05, 0.1) is 6.10 Å². The molecule has 4 nitrogen and oxygen atoms in total. The van der Waals surface area contributed by atoms with E-state index >= 15 is 0 Å². The van der Waals surface area contributed by atoms with E-state index in [1.54, 1.807) is 13.0 Å². The summed E-state index contributed by atoms with van der Waals surface area (Å²) in [5.41, 5.74) is 0.367. The molecule has 0 spiro atoms. The number of nitrogens with one attached hydrogen (secondary N) is 1. The molecule has 0 radical (unpaired) electrons. The Morgan fingerprint density at radius 3 is 2.71 bits per heavy atom. The minimum atomic E-state index is -0.870. The number of rotatable bonds is 5. The molecule has 0 bridgehead atoms. The van der Waals surface area contributed by atoms with Gasteiger partial charge < -0.3 is 15.5 Å². The number of aliphatic carboxylic acids is 1. The molecule has 80 valence electrons. The fourth-order valence-corrected chi connectivity index (χ4v) is 1.47. The lowest BCUT2D eigenvalue weighted by Gasteiger charge is -2.31. The number of carboxylic acids is 1. The summed E-state index contributed by atoms with van der Waals surface area (Å²) in [7, 11) is 0. The SMILES string of the molecule is CC(=CCNCC1CC(O)C1)C(=O)O. The van der Waals surface area contributed by atoms with Gasteiger partial charge in [0, 0.05) is 12.1 Å². The zero-order chi connectivity index (χ0) is 10.6. The van der Waals surface area contributed by atoms with E-state index in [-0.39, 0.29) is 6.10 Å². The van der Waals surface area contributed by atoms with E-state index in [0.29, 0.717) is 18.0 Å². The molecule has 0 heterocycles. The summed E-state index contributed by atoms with van der Waals surface area (Å²) < 4.78 is 0. The predicted octanol–water partition coefficient (Wildman–Crippen LogP) is 0.378. The van der Waals surface area contributed by atoms with E-state index in [9.17, 15) is 4.79 Å². The topological polar surface area (TPSA) is 69.6 Å². The van der Waals surface area contributed by atoms with E-state index in [2.05, 4.69) is 5.32 Å². The van der Waals surface area contributed by atoms with Gasteiger partial charge in [0.2, 0.25) is 0 Å². The fourth-order valence-electron chi connectivity index (χ4n) is 1.47. The van der Waals surface area contributed by atoms with Gasteiger partial charge in [-0.3, -0.25) is 0 Å². The lowest BCUT2D eigenvalue weighted by Crippen LogP contribution is -2.36. The van der Waals surface area contributed by atoms with Crippen molar-refractivity contribution in [1.29, 1.82) is 0 Å². The minimum absolute atomic E-state index is 0.113. The van der Waals surface area contributed by atoms with E-state index in [0.717, 1.165) is 19.4 Å². The summed E-state index contributed by atoms with van der Waals surface area (Å²) in [6, 6.07) is 0. The third kappa shape index (κ3) is 3.47. The normalized spacial score (nSPS) is 27.1. The lowest BCUT2D eigenvalue weighted by molar-refractivity contribution is -0.132. The standard InChI is InChI=1S/C10H17NO3/c1-7(10(13)14)2-3-11-6-8-4-9(12)5-8/h2,8-9,11-12H,3-6H2,1H3,(H,13,14). The van der Waals surface area contributed by atoms with Crippen molar-refractivity contribution >= 4 is 5.97 Å². The first-order valence-electron chi connectivity index (χ1n) is 4.88. The Labute approximate surface area is 83.6 Å². The molecular formula is C10H17NO3. The van der Waals surface area contributed by atoms with Crippen molar-refractivity contribution in [2.45, 2.75) is 25.9 Å². The Hall–Kier alpha value is -0.870. The molecule has 4 heteroatoms. The number of hydrogen-bond donors (Lipinski definition) is 3. The largest absolute Gasteiger partial charge is 0.478 e. The molecule has 0 aromatic heterocycles. The van der Waals surface area contributed by atoms with Gasteiger partial charge in [-0.25, -0.2) is 4.79 Å². The maximum Gasteiger partial charge on any atom is 0.330 e. The first-order chi connectivity index (χ1) is 6.59. The van der Waals surface area contributed by atoms with Crippen LogP contribution < -0.4 is 5.32 Å². The number of hydrogen-bond acceptors (Lipinski definition) is 3. The summed E-state index contributed by atoms with van der Waals surface area (Å²) in [6.07, 6.45) is 3.29. The zero-order valence-electron chi connectivity index (χ0n) is 8.36. The summed E-state index contributed by atoms with van der Waals surface area (Å²) in [5.74, 6) is -0.311. The van der Waals surface area contributed by atoms with Crippen LogP contribution in [0.2, 0.25) is 0 Å². The van der Waals surface area contributed by atoms with Gasteiger partial charge in [0.1, 0.15) is 0 Å². The molecule has 1 fully saturated rings. The molecule has 0 aromatic carbocycles. The van der Waals surface area contributed by atoms with Crippen LogP contribution in [0, 0.1) is 5.92 Å². The minimum Gasteiger partial charge on any atom is -0.478 e. The second-order valence-corrected chi connectivity index (χ2v) is 3.84. The summed E-state index contributed by atoms with van der Waals surface area (Å²) in [5, 5.41) is 20.7. The van der Waals surface area contributed by atoms with Crippen molar-refractivity contribution < 1.29 is 15.0 Å². The number of carboxylic acid groups (broad SMARTS) is 1. The number of aliphatic hydroxyl groups is 1. The van der Waals surface area contributed by atoms with Gasteiger partial charge in [-0.05, 0) is 32.2 Å². The Morgan fingerprint density at radius 1 is 1.57 bits per heavy atom. The molecule has 0 amide bonds. The van der Waals surface area contributed by atoms with Crippen LogP contribution in [0.15, 0.2) is 11.6 Å². The summed E-state index contributed by atoms with van der Waals surface area (Å²) >= 11 is 0. The van der Waals surface area contributed by atoms with Gasteiger partial charge in [0.15, 0.2) is 0 Å².